The summed E-state index contributed by atoms with van der Waals surface area (Å²) in [4.78, 5) is 21.0. The molecule has 100 valence electrons. The van der Waals surface area contributed by atoms with Crippen molar-refractivity contribution in [2.45, 2.75) is 18.6 Å². The van der Waals surface area contributed by atoms with E-state index in [0.717, 1.165) is 5.56 Å². The molecule has 1 saturated heterocycles. The van der Waals surface area contributed by atoms with Crippen molar-refractivity contribution in [2.75, 3.05) is 0 Å². The molecule has 1 fully saturated rings. The molecular formula is C13H13NO5. The van der Waals surface area contributed by atoms with Gasteiger partial charge in [-0.05, 0) is 24.1 Å². The molecule has 1 aliphatic rings. The van der Waals surface area contributed by atoms with Crippen molar-refractivity contribution in [1.29, 1.82) is 0 Å². The fourth-order valence-electron chi connectivity index (χ4n) is 2.19. The zero-order valence-corrected chi connectivity index (χ0v) is 10.1. The van der Waals surface area contributed by atoms with E-state index in [0.29, 0.717) is 6.42 Å². The molecule has 0 bridgehead atoms. The topological polar surface area (TPSA) is 89.7 Å². The molecule has 19 heavy (non-hydrogen) atoms. The van der Waals surface area contributed by atoms with E-state index in [1.807, 2.05) is 0 Å². The second-order valence-electron chi connectivity index (χ2n) is 4.37. The minimum absolute atomic E-state index is 0.00770. The van der Waals surface area contributed by atoms with E-state index in [1.54, 1.807) is 18.2 Å². The highest BCUT2D eigenvalue weighted by molar-refractivity contribution is 5.72. The van der Waals surface area contributed by atoms with Crippen molar-refractivity contribution < 1.29 is 19.6 Å². The average molecular weight is 263 g/mol. The van der Waals surface area contributed by atoms with Crippen LogP contribution < -0.4 is 0 Å². The number of non-ortho nitro benzene ring substituents is 1. The monoisotopic (exact) mass is 263 g/mol. The van der Waals surface area contributed by atoms with Crippen molar-refractivity contribution in [3.63, 3.8) is 0 Å². The number of aliphatic carboxylic acids is 1. The van der Waals surface area contributed by atoms with Gasteiger partial charge in [-0.25, -0.2) is 4.79 Å². The molecule has 2 rings (SSSR count). The van der Waals surface area contributed by atoms with E-state index in [-0.39, 0.29) is 11.6 Å². The van der Waals surface area contributed by atoms with Crippen LogP contribution >= 0.6 is 0 Å². The lowest BCUT2D eigenvalue weighted by molar-refractivity contribution is -0.384. The molecule has 3 atom stereocenters. The summed E-state index contributed by atoms with van der Waals surface area (Å²) in [5.41, 5.74) is 0.714. The lowest BCUT2D eigenvalue weighted by Gasteiger charge is -2.15. The predicted octanol–water partition coefficient (Wildman–Crippen LogP) is 2.31. The SMILES string of the molecule is C=CC1CC(C(=O)O)OC1c1ccc([N+](=O)[O-])cc1. The summed E-state index contributed by atoms with van der Waals surface area (Å²) in [7, 11) is 0. The first-order valence-corrected chi connectivity index (χ1v) is 5.78. The third-order valence-corrected chi connectivity index (χ3v) is 3.20. The second kappa shape index (κ2) is 5.19. The van der Waals surface area contributed by atoms with Crippen LogP contribution in [0.5, 0.6) is 0 Å². The van der Waals surface area contributed by atoms with Crippen LogP contribution in [0.3, 0.4) is 0 Å². The summed E-state index contributed by atoms with van der Waals surface area (Å²) in [6.07, 6.45) is 0.748. The number of nitro groups is 1. The van der Waals surface area contributed by atoms with Crippen LogP contribution in [0.25, 0.3) is 0 Å². The molecule has 1 aliphatic heterocycles. The van der Waals surface area contributed by atoms with E-state index in [2.05, 4.69) is 6.58 Å². The van der Waals surface area contributed by atoms with Crippen LogP contribution in [0, 0.1) is 16.0 Å². The molecule has 6 nitrogen and oxygen atoms in total. The van der Waals surface area contributed by atoms with Crippen molar-refractivity contribution in [1.82, 2.24) is 0 Å². The maximum absolute atomic E-state index is 10.9. The van der Waals surface area contributed by atoms with Crippen LogP contribution in [0.4, 0.5) is 5.69 Å². The number of nitrogens with zero attached hydrogens (tertiary/aromatic N) is 1. The smallest absolute Gasteiger partial charge is 0.332 e. The highest BCUT2D eigenvalue weighted by Crippen LogP contribution is 2.39. The number of carboxylic acids is 1. The Bertz CT molecular complexity index is 510. The van der Waals surface area contributed by atoms with E-state index in [4.69, 9.17) is 9.84 Å². The highest BCUT2D eigenvalue weighted by Gasteiger charge is 2.38. The highest BCUT2D eigenvalue weighted by atomic mass is 16.6. The van der Waals surface area contributed by atoms with Gasteiger partial charge in [0.15, 0.2) is 6.10 Å². The molecule has 0 amide bonds. The number of nitro benzene ring substituents is 1. The summed E-state index contributed by atoms with van der Waals surface area (Å²) in [5.74, 6) is -1.11. The Hall–Kier alpha value is -2.21. The van der Waals surface area contributed by atoms with Crippen LogP contribution in [0.1, 0.15) is 18.1 Å². The largest absolute Gasteiger partial charge is 0.479 e. The summed E-state index contributed by atoms with van der Waals surface area (Å²) < 4.78 is 5.47. The predicted molar refractivity (Wildman–Crippen MR) is 66.7 cm³/mol. The van der Waals surface area contributed by atoms with Gasteiger partial charge in [-0.1, -0.05) is 6.08 Å². The third-order valence-electron chi connectivity index (χ3n) is 3.20. The van der Waals surface area contributed by atoms with E-state index in [1.165, 1.54) is 12.1 Å². The minimum atomic E-state index is -1.00. The maximum atomic E-state index is 10.9. The van der Waals surface area contributed by atoms with Gasteiger partial charge in [0.1, 0.15) is 0 Å². The Morgan fingerprint density at radius 3 is 2.58 bits per heavy atom. The molecule has 0 spiro atoms. The van der Waals surface area contributed by atoms with Crippen LogP contribution in [-0.2, 0) is 9.53 Å². The van der Waals surface area contributed by atoms with Gasteiger partial charge in [-0.3, -0.25) is 10.1 Å². The molecule has 1 N–H and O–H groups in total. The Morgan fingerprint density at radius 1 is 1.47 bits per heavy atom. The Morgan fingerprint density at radius 2 is 2.11 bits per heavy atom. The number of hydrogen-bond acceptors (Lipinski definition) is 4. The molecule has 6 heteroatoms. The van der Waals surface area contributed by atoms with Crippen molar-refractivity contribution >= 4 is 11.7 Å². The van der Waals surface area contributed by atoms with Crippen molar-refractivity contribution in [3.05, 3.63) is 52.6 Å². The number of carbonyl (C=O) groups is 1. The number of hydrogen-bond donors (Lipinski definition) is 1. The van der Waals surface area contributed by atoms with Gasteiger partial charge in [0.25, 0.3) is 5.69 Å². The summed E-state index contributed by atoms with van der Waals surface area (Å²) in [6, 6.07) is 5.94. The zero-order chi connectivity index (χ0) is 14.0. The molecule has 0 saturated carbocycles. The van der Waals surface area contributed by atoms with Crippen LogP contribution in [-0.4, -0.2) is 22.1 Å². The van der Waals surface area contributed by atoms with Gasteiger partial charge < -0.3 is 9.84 Å². The lowest BCUT2D eigenvalue weighted by atomic mass is 9.94. The van der Waals surface area contributed by atoms with Gasteiger partial charge in [0.2, 0.25) is 0 Å². The van der Waals surface area contributed by atoms with Gasteiger partial charge in [0, 0.05) is 18.1 Å². The van der Waals surface area contributed by atoms with E-state index >= 15 is 0 Å². The summed E-state index contributed by atoms with van der Waals surface area (Å²) in [5, 5.41) is 19.5. The summed E-state index contributed by atoms with van der Waals surface area (Å²) in [6.45, 7) is 3.68. The number of benzene rings is 1. The quantitative estimate of drug-likeness (QED) is 0.511. The Labute approximate surface area is 109 Å². The maximum Gasteiger partial charge on any atom is 0.332 e. The molecule has 1 aromatic carbocycles. The van der Waals surface area contributed by atoms with Gasteiger partial charge in [-0.15, -0.1) is 6.58 Å². The van der Waals surface area contributed by atoms with Gasteiger partial charge >= 0.3 is 5.97 Å². The Balaban J connectivity index is 2.22. The van der Waals surface area contributed by atoms with Crippen molar-refractivity contribution in [3.8, 4) is 0 Å². The molecule has 1 heterocycles. The fourth-order valence-corrected chi connectivity index (χ4v) is 2.19. The molecule has 0 aliphatic carbocycles. The fraction of sp³-hybridized carbons (Fsp3) is 0.308. The molecule has 1 aromatic rings. The normalized spacial score (nSPS) is 26.0. The second-order valence-corrected chi connectivity index (χ2v) is 4.37. The van der Waals surface area contributed by atoms with Crippen molar-refractivity contribution in [2.24, 2.45) is 5.92 Å². The standard InChI is InChI=1S/C13H13NO5/c1-2-8-7-11(13(15)16)19-12(8)9-3-5-10(6-4-9)14(17)18/h2-6,8,11-12H,1,7H2,(H,15,16). The minimum Gasteiger partial charge on any atom is -0.479 e. The van der Waals surface area contributed by atoms with Gasteiger partial charge in [0.05, 0.1) is 11.0 Å². The summed E-state index contributed by atoms with van der Waals surface area (Å²) >= 11 is 0. The molecule has 0 radical (unpaired) electrons. The van der Waals surface area contributed by atoms with Crippen LogP contribution in [0.2, 0.25) is 0 Å². The van der Waals surface area contributed by atoms with Gasteiger partial charge in [-0.2, -0.15) is 0 Å². The first kappa shape index (κ1) is 13.2. The van der Waals surface area contributed by atoms with E-state index in [9.17, 15) is 14.9 Å². The third kappa shape index (κ3) is 2.63. The average Bonchev–Trinajstić information content (AvgIpc) is 2.83. The van der Waals surface area contributed by atoms with Crippen LogP contribution in [0.15, 0.2) is 36.9 Å². The first-order chi connectivity index (χ1) is 9.02. The Kier molecular flexibility index (Phi) is 3.62. The lowest BCUT2D eigenvalue weighted by Crippen LogP contribution is -2.18. The number of rotatable bonds is 4. The molecular weight excluding hydrogens is 250 g/mol. The first-order valence-electron chi connectivity index (χ1n) is 5.78. The molecule has 3 unspecified atom stereocenters. The molecule has 0 aromatic heterocycles. The number of ether oxygens (including phenoxy) is 1. The number of carboxylic acid groups (broad SMARTS) is 1. The zero-order valence-electron chi connectivity index (χ0n) is 10.1. The van der Waals surface area contributed by atoms with E-state index < -0.39 is 23.1 Å².